The van der Waals surface area contributed by atoms with Gasteiger partial charge in [-0.15, -0.1) is 0 Å². The van der Waals surface area contributed by atoms with Gasteiger partial charge in [-0.1, -0.05) is 0 Å². The van der Waals surface area contributed by atoms with Crippen LogP contribution in [0.4, 0.5) is 11.4 Å². The van der Waals surface area contributed by atoms with Gasteiger partial charge >= 0.3 is 0 Å². The highest BCUT2D eigenvalue weighted by Gasteiger charge is 2.06. The zero-order chi connectivity index (χ0) is 12.3. The van der Waals surface area contributed by atoms with E-state index in [1.165, 1.54) is 0 Å². The zero-order valence-corrected chi connectivity index (χ0v) is 9.85. The Labute approximate surface area is 101 Å². The van der Waals surface area contributed by atoms with Gasteiger partial charge in [-0.25, -0.2) is 0 Å². The Balaban J connectivity index is 2.36. The fourth-order valence-corrected chi connectivity index (χ4v) is 1.80. The van der Waals surface area contributed by atoms with Crippen molar-refractivity contribution in [1.82, 2.24) is 4.98 Å². The number of H-pyrrole nitrogens is 1. The lowest BCUT2D eigenvalue weighted by molar-refractivity contribution is 0.304. The van der Waals surface area contributed by atoms with E-state index >= 15 is 0 Å². The van der Waals surface area contributed by atoms with E-state index in [1.54, 1.807) is 0 Å². The van der Waals surface area contributed by atoms with E-state index in [4.69, 9.17) is 10.8 Å². The second-order valence-corrected chi connectivity index (χ2v) is 4.02. The van der Waals surface area contributed by atoms with Crippen molar-refractivity contribution in [2.24, 2.45) is 0 Å². The van der Waals surface area contributed by atoms with Crippen molar-refractivity contribution < 1.29 is 5.11 Å². The first kappa shape index (κ1) is 11.5. The van der Waals surface area contributed by atoms with Crippen molar-refractivity contribution >= 4 is 11.4 Å². The molecular weight excluding hydrogens is 214 g/mol. The topological polar surface area (TPSA) is 65.3 Å². The predicted molar refractivity (Wildman–Crippen MR) is 71.0 cm³/mol. The fourth-order valence-electron chi connectivity index (χ4n) is 1.80. The van der Waals surface area contributed by atoms with Gasteiger partial charge in [0.2, 0.25) is 0 Å². The first-order valence-electron chi connectivity index (χ1n) is 5.57. The molecule has 0 saturated carbocycles. The lowest BCUT2D eigenvalue weighted by atomic mass is 10.1. The van der Waals surface area contributed by atoms with Crippen molar-refractivity contribution in [2.45, 2.75) is 0 Å². The summed E-state index contributed by atoms with van der Waals surface area (Å²) in [7, 11) is 1.95. The minimum absolute atomic E-state index is 0.139. The predicted octanol–water partition coefficient (Wildman–Crippen LogP) is 1.69. The van der Waals surface area contributed by atoms with E-state index in [9.17, 15) is 0 Å². The van der Waals surface area contributed by atoms with Crippen LogP contribution in [-0.4, -0.2) is 30.3 Å². The average Bonchev–Trinajstić information content (AvgIpc) is 2.83. The quantitative estimate of drug-likeness (QED) is 0.702. The summed E-state index contributed by atoms with van der Waals surface area (Å²) in [5.74, 6) is 0. The Kier molecular flexibility index (Phi) is 3.35. The summed E-state index contributed by atoms with van der Waals surface area (Å²) in [6, 6.07) is 7.88. The van der Waals surface area contributed by atoms with Gasteiger partial charge in [0.25, 0.3) is 0 Å². The van der Waals surface area contributed by atoms with Gasteiger partial charge in [0.1, 0.15) is 0 Å². The molecule has 90 valence electrons. The molecule has 2 rings (SSSR count). The van der Waals surface area contributed by atoms with Gasteiger partial charge < -0.3 is 20.7 Å². The second-order valence-electron chi connectivity index (χ2n) is 4.02. The number of nitrogens with zero attached hydrogens (tertiary/aromatic N) is 1. The molecule has 0 radical (unpaired) electrons. The van der Waals surface area contributed by atoms with Gasteiger partial charge in [-0.3, -0.25) is 0 Å². The molecule has 1 aromatic carbocycles. The standard InChI is InChI=1S/C13H17N3O/c1-16(6-7-17)11-2-3-13(14)12(8-11)10-4-5-15-9-10/h2-5,8-9,15,17H,6-7,14H2,1H3. The number of aromatic nitrogens is 1. The van der Waals surface area contributed by atoms with E-state index in [-0.39, 0.29) is 6.61 Å². The minimum Gasteiger partial charge on any atom is -0.398 e. The molecular formula is C13H17N3O. The van der Waals surface area contributed by atoms with Crippen LogP contribution in [0.25, 0.3) is 11.1 Å². The van der Waals surface area contributed by atoms with Crippen molar-refractivity contribution in [2.75, 3.05) is 30.8 Å². The highest BCUT2D eigenvalue weighted by atomic mass is 16.3. The summed E-state index contributed by atoms with van der Waals surface area (Å²) in [4.78, 5) is 5.02. The summed E-state index contributed by atoms with van der Waals surface area (Å²) >= 11 is 0. The Morgan fingerprint density at radius 2 is 2.18 bits per heavy atom. The Hall–Kier alpha value is -1.94. The maximum absolute atomic E-state index is 8.93. The number of hydrogen-bond acceptors (Lipinski definition) is 3. The monoisotopic (exact) mass is 231 g/mol. The Bertz CT molecular complexity index is 479. The molecule has 1 heterocycles. The third kappa shape index (κ3) is 2.42. The van der Waals surface area contributed by atoms with E-state index in [0.29, 0.717) is 6.54 Å². The number of benzene rings is 1. The van der Waals surface area contributed by atoms with Crippen LogP contribution in [0.2, 0.25) is 0 Å². The number of aliphatic hydroxyl groups excluding tert-OH is 1. The van der Waals surface area contributed by atoms with Gasteiger partial charge in [-0.05, 0) is 24.3 Å². The number of hydrogen-bond donors (Lipinski definition) is 3. The number of aliphatic hydroxyl groups is 1. The summed E-state index contributed by atoms with van der Waals surface area (Å²) in [6.45, 7) is 0.747. The third-order valence-corrected chi connectivity index (χ3v) is 2.82. The van der Waals surface area contributed by atoms with Crippen LogP contribution in [0.15, 0.2) is 36.7 Å². The van der Waals surface area contributed by atoms with Crippen LogP contribution >= 0.6 is 0 Å². The largest absolute Gasteiger partial charge is 0.398 e. The van der Waals surface area contributed by atoms with Crippen molar-refractivity contribution in [3.05, 3.63) is 36.7 Å². The molecule has 4 heteroatoms. The van der Waals surface area contributed by atoms with Crippen LogP contribution in [0, 0.1) is 0 Å². The van der Waals surface area contributed by atoms with Crippen molar-refractivity contribution in [3.8, 4) is 11.1 Å². The number of aromatic amines is 1. The fraction of sp³-hybridized carbons (Fsp3) is 0.231. The maximum Gasteiger partial charge on any atom is 0.0606 e. The number of anilines is 2. The zero-order valence-electron chi connectivity index (χ0n) is 9.85. The van der Waals surface area contributed by atoms with E-state index in [0.717, 1.165) is 22.5 Å². The summed E-state index contributed by atoms with van der Waals surface area (Å²) in [5, 5.41) is 8.93. The lowest BCUT2D eigenvalue weighted by Crippen LogP contribution is -2.21. The summed E-state index contributed by atoms with van der Waals surface area (Å²) in [5.41, 5.74) is 9.85. The molecule has 4 nitrogen and oxygen atoms in total. The van der Waals surface area contributed by atoms with E-state index < -0.39 is 0 Å². The maximum atomic E-state index is 8.93. The van der Waals surface area contributed by atoms with Crippen molar-refractivity contribution in [3.63, 3.8) is 0 Å². The Morgan fingerprint density at radius 3 is 2.82 bits per heavy atom. The van der Waals surface area contributed by atoms with Gasteiger partial charge in [-0.2, -0.15) is 0 Å². The third-order valence-electron chi connectivity index (χ3n) is 2.82. The van der Waals surface area contributed by atoms with Crippen LogP contribution in [0.1, 0.15) is 0 Å². The first-order valence-corrected chi connectivity index (χ1v) is 5.57. The number of likely N-dealkylation sites (N-methyl/N-ethyl adjacent to an activating group) is 1. The summed E-state index contributed by atoms with van der Waals surface area (Å²) in [6.07, 6.45) is 3.79. The molecule has 0 amide bonds. The molecule has 0 spiro atoms. The minimum atomic E-state index is 0.139. The second kappa shape index (κ2) is 4.93. The molecule has 0 aliphatic heterocycles. The normalized spacial score (nSPS) is 10.5. The van der Waals surface area contributed by atoms with Gasteiger partial charge in [0, 0.05) is 48.5 Å². The average molecular weight is 231 g/mol. The number of rotatable bonds is 4. The smallest absolute Gasteiger partial charge is 0.0606 e. The molecule has 1 aromatic heterocycles. The molecule has 4 N–H and O–H groups in total. The van der Waals surface area contributed by atoms with Crippen LogP contribution < -0.4 is 10.6 Å². The molecule has 0 unspecified atom stereocenters. The molecule has 0 fully saturated rings. The van der Waals surface area contributed by atoms with Crippen LogP contribution in [0.3, 0.4) is 0 Å². The molecule has 17 heavy (non-hydrogen) atoms. The van der Waals surface area contributed by atoms with Crippen molar-refractivity contribution in [1.29, 1.82) is 0 Å². The van der Waals surface area contributed by atoms with Gasteiger partial charge in [0.15, 0.2) is 0 Å². The number of nitrogens with two attached hydrogens (primary N) is 1. The van der Waals surface area contributed by atoms with E-state index in [2.05, 4.69) is 4.98 Å². The Morgan fingerprint density at radius 1 is 1.35 bits per heavy atom. The molecule has 0 atom stereocenters. The van der Waals surface area contributed by atoms with Gasteiger partial charge in [0.05, 0.1) is 6.61 Å². The first-order chi connectivity index (χ1) is 8.22. The van der Waals surface area contributed by atoms with Crippen LogP contribution in [0.5, 0.6) is 0 Å². The number of nitrogens with one attached hydrogen (secondary N) is 1. The molecule has 0 bridgehead atoms. The van der Waals surface area contributed by atoms with E-state index in [1.807, 2.05) is 48.6 Å². The SMILES string of the molecule is CN(CCO)c1ccc(N)c(-c2cc[nH]c2)c1. The van der Waals surface area contributed by atoms with Crippen LogP contribution in [-0.2, 0) is 0 Å². The highest BCUT2D eigenvalue weighted by Crippen LogP contribution is 2.29. The molecule has 2 aromatic rings. The molecule has 0 saturated heterocycles. The number of nitrogen functional groups attached to an aromatic ring is 1. The molecule has 0 aliphatic carbocycles. The molecule has 0 aliphatic rings. The lowest BCUT2D eigenvalue weighted by Gasteiger charge is -2.19. The highest BCUT2D eigenvalue weighted by molar-refractivity contribution is 5.79. The summed E-state index contributed by atoms with van der Waals surface area (Å²) < 4.78 is 0.